The van der Waals surface area contributed by atoms with Crippen molar-refractivity contribution in [2.45, 2.75) is 58.3 Å². The summed E-state index contributed by atoms with van der Waals surface area (Å²) in [5, 5.41) is 0. The molecule has 1 fully saturated rings. The second-order valence-electron chi connectivity index (χ2n) is 11.9. The van der Waals surface area contributed by atoms with Crippen LogP contribution in [0.15, 0.2) is 84.9 Å². The number of piperidine rings is 1. The van der Waals surface area contributed by atoms with E-state index in [1.807, 2.05) is 43.3 Å². The summed E-state index contributed by atoms with van der Waals surface area (Å²) in [4.78, 5) is 26.7. The predicted octanol–water partition coefficient (Wildman–Crippen LogP) is 7.80. The zero-order valence-electron chi connectivity index (χ0n) is 27.0. The highest BCUT2D eigenvalue weighted by Crippen LogP contribution is 2.25. The van der Waals surface area contributed by atoms with Crippen molar-refractivity contribution in [3.8, 4) is 5.75 Å². The molecule has 0 aromatic heterocycles. The summed E-state index contributed by atoms with van der Waals surface area (Å²) in [5.41, 5.74) is 4.19. The molecule has 6 heteroatoms. The van der Waals surface area contributed by atoms with Crippen LogP contribution in [0, 0.1) is 11.8 Å². The summed E-state index contributed by atoms with van der Waals surface area (Å²) in [6, 6.07) is 26.6. The van der Waals surface area contributed by atoms with E-state index in [0.717, 1.165) is 82.3 Å². The molecule has 1 aliphatic rings. The van der Waals surface area contributed by atoms with Gasteiger partial charge < -0.3 is 19.1 Å². The molecule has 0 amide bonds. The van der Waals surface area contributed by atoms with Crippen molar-refractivity contribution < 1.29 is 23.8 Å². The number of likely N-dealkylation sites (tertiary alicyclic amines) is 1. The number of carbonyl (C=O) groups is 2. The molecule has 1 saturated heterocycles. The smallest absolute Gasteiger partial charge is 0.337 e. The van der Waals surface area contributed by atoms with Crippen LogP contribution in [0.1, 0.15) is 72.5 Å². The summed E-state index contributed by atoms with van der Waals surface area (Å²) in [7, 11) is 1.40. The Bertz CT molecular complexity index is 1340. The summed E-state index contributed by atoms with van der Waals surface area (Å²) >= 11 is 0. The van der Waals surface area contributed by atoms with Gasteiger partial charge in [0.25, 0.3) is 0 Å². The molecule has 0 N–H and O–H groups in total. The minimum atomic E-state index is -0.327. The quantitative estimate of drug-likeness (QED) is 0.115. The topological polar surface area (TPSA) is 65.1 Å². The van der Waals surface area contributed by atoms with Gasteiger partial charge in [-0.3, -0.25) is 4.79 Å². The summed E-state index contributed by atoms with van der Waals surface area (Å²) < 4.78 is 16.4. The van der Waals surface area contributed by atoms with Crippen LogP contribution in [-0.2, 0) is 27.1 Å². The van der Waals surface area contributed by atoms with Crippen LogP contribution in [-0.4, -0.2) is 56.8 Å². The first-order valence-corrected chi connectivity index (χ1v) is 16.6. The van der Waals surface area contributed by atoms with E-state index in [0.29, 0.717) is 18.8 Å². The Balaban J connectivity index is 1.36. The van der Waals surface area contributed by atoms with E-state index in [2.05, 4.69) is 59.5 Å². The molecule has 0 bridgehead atoms. The minimum absolute atomic E-state index is 0.0408. The number of aryl methyl sites for hydroxylation is 1. The second kappa shape index (κ2) is 18.8. The fourth-order valence-electron chi connectivity index (χ4n) is 5.95. The van der Waals surface area contributed by atoms with E-state index in [1.165, 1.54) is 18.2 Å². The van der Waals surface area contributed by atoms with Gasteiger partial charge in [-0.15, -0.1) is 0 Å². The molecule has 0 aliphatic carbocycles. The third-order valence-corrected chi connectivity index (χ3v) is 8.49. The van der Waals surface area contributed by atoms with Crippen LogP contribution in [0.3, 0.4) is 0 Å². The second-order valence-corrected chi connectivity index (χ2v) is 11.9. The van der Waals surface area contributed by atoms with Gasteiger partial charge >= 0.3 is 11.9 Å². The zero-order chi connectivity index (χ0) is 31.7. The highest BCUT2D eigenvalue weighted by molar-refractivity contribution is 5.89. The van der Waals surface area contributed by atoms with Crippen molar-refractivity contribution in [1.82, 2.24) is 4.90 Å². The molecule has 0 saturated carbocycles. The summed E-state index contributed by atoms with van der Waals surface area (Å²) in [5.74, 6) is 0.736. The molecule has 45 heavy (non-hydrogen) atoms. The molecule has 1 heterocycles. The maximum Gasteiger partial charge on any atom is 0.337 e. The van der Waals surface area contributed by atoms with Crippen LogP contribution < -0.4 is 4.74 Å². The molecule has 3 aromatic rings. The Kier molecular flexibility index (Phi) is 14.2. The van der Waals surface area contributed by atoms with Gasteiger partial charge in [0, 0.05) is 12.1 Å². The Morgan fingerprint density at radius 2 is 1.71 bits per heavy atom. The number of para-hydroxylation sites is 1. The number of nitrogens with zero attached hydrogens (tertiary/aromatic N) is 1. The largest absolute Gasteiger partial charge is 0.493 e. The van der Waals surface area contributed by atoms with E-state index in [-0.39, 0.29) is 23.8 Å². The highest BCUT2D eigenvalue weighted by atomic mass is 16.5. The first kappa shape index (κ1) is 34.0. The lowest BCUT2D eigenvalue weighted by Crippen LogP contribution is -2.40. The van der Waals surface area contributed by atoms with Crippen molar-refractivity contribution in [1.29, 1.82) is 0 Å². The molecular formula is C39H49NO5. The molecule has 6 nitrogen and oxygen atoms in total. The molecule has 1 aliphatic heterocycles. The maximum atomic E-state index is 12.4. The number of allylic oxidation sites excluding steroid dienone is 1. The van der Waals surface area contributed by atoms with Gasteiger partial charge in [-0.2, -0.15) is 0 Å². The Morgan fingerprint density at radius 3 is 2.49 bits per heavy atom. The number of esters is 2. The number of hydrogen-bond acceptors (Lipinski definition) is 6. The lowest BCUT2D eigenvalue weighted by Gasteiger charge is -2.32. The normalized spacial score (nSPS) is 15.9. The SMILES string of the molecule is CCOC(=O)C1CCCN(CCC(C=Cc2ccccc2OCCCCCc2ccccc2)Cc2ccc(C(=O)OC)cc2)C1. The summed E-state index contributed by atoms with van der Waals surface area (Å²) in [6.45, 7) is 5.66. The third-order valence-electron chi connectivity index (χ3n) is 8.49. The Hall–Kier alpha value is -3.90. The average Bonchev–Trinajstić information content (AvgIpc) is 3.08. The molecule has 240 valence electrons. The predicted molar refractivity (Wildman–Crippen MR) is 180 cm³/mol. The van der Waals surface area contributed by atoms with Gasteiger partial charge in [-0.05, 0) is 107 Å². The van der Waals surface area contributed by atoms with Crippen molar-refractivity contribution >= 4 is 18.0 Å². The molecule has 0 spiro atoms. The van der Waals surface area contributed by atoms with Crippen molar-refractivity contribution in [2.24, 2.45) is 11.8 Å². The number of ether oxygens (including phenoxy) is 3. The van der Waals surface area contributed by atoms with Crippen LogP contribution in [0.4, 0.5) is 0 Å². The number of carbonyl (C=O) groups excluding carboxylic acids is 2. The van der Waals surface area contributed by atoms with Crippen LogP contribution in [0.2, 0.25) is 0 Å². The molecule has 3 aromatic carbocycles. The Labute approximate surface area is 269 Å². The van der Waals surface area contributed by atoms with Crippen LogP contribution >= 0.6 is 0 Å². The number of rotatable bonds is 17. The van der Waals surface area contributed by atoms with Crippen LogP contribution in [0.5, 0.6) is 5.75 Å². The van der Waals surface area contributed by atoms with Gasteiger partial charge in [-0.1, -0.05) is 72.8 Å². The lowest BCUT2D eigenvalue weighted by molar-refractivity contribution is -0.149. The fourth-order valence-corrected chi connectivity index (χ4v) is 5.95. The average molecular weight is 612 g/mol. The van der Waals surface area contributed by atoms with Crippen molar-refractivity contribution in [3.05, 3.63) is 107 Å². The molecular weight excluding hydrogens is 562 g/mol. The molecule has 4 rings (SSSR count). The van der Waals surface area contributed by atoms with Crippen molar-refractivity contribution in [2.75, 3.05) is 40.0 Å². The van der Waals surface area contributed by atoms with E-state index < -0.39 is 0 Å². The summed E-state index contributed by atoms with van der Waals surface area (Å²) in [6.07, 6.45) is 12.6. The number of unbranched alkanes of at least 4 members (excludes halogenated alkanes) is 2. The Morgan fingerprint density at radius 1 is 0.933 bits per heavy atom. The van der Waals surface area contributed by atoms with Gasteiger partial charge in [0.1, 0.15) is 5.75 Å². The van der Waals surface area contributed by atoms with E-state index in [1.54, 1.807) is 0 Å². The molecule has 2 atom stereocenters. The van der Waals surface area contributed by atoms with E-state index in [4.69, 9.17) is 14.2 Å². The minimum Gasteiger partial charge on any atom is -0.493 e. The first-order chi connectivity index (χ1) is 22.1. The van der Waals surface area contributed by atoms with Gasteiger partial charge in [0.15, 0.2) is 0 Å². The first-order valence-electron chi connectivity index (χ1n) is 16.6. The third kappa shape index (κ3) is 11.5. The highest BCUT2D eigenvalue weighted by Gasteiger charge is 2.27. The van der Waals surface area contributed by atoms with Gasteiger partial charge in [0.2, 0.25) is 0 Å². The monoisotopic (exact) mass is 611 g/mol. The fraction of sp³-hybridized carbons (Fsp3) is 0.436. The van der Waals surface area contributed by atoms with Gasteiger partial charge in [0.05, 0.1) is 31.8 Å². The number of methoxy groups -OCH3 is 1. The maximum absolute atomic E-state index is 12.4. The molecule has 2 unspecified atom stereocenters. The number of hydrogen-bond donors (Lipinski definition) is 0. The molecule has 0 radical (unpaired) electrons. The van der Waals surface area contributed by atoms with Gasteiger partial charge in [-0.25, -0.2) is 4.79 Å². The van der Waals surface area contributed by atoms with Crippen LogP contribution in [0.25, 0.3) is 6.08 Å². The standard InChI is InChI=1S/C39H49NO5/c1-3-44-39(42)36-17-12-26-40(30-36)27-25-33(29-32-20-23-35(24-21-32)38(41)43-2)19-22-34-16-9-10-18-37(34)45-28-11-5-8-15-31-13-6-4-7-14-31/h4,6-7,9-10,13-14,16,18-24,33,36H,3,5,8,11-12,15,17,25-30H2,1-2H3. The number of benzene rings is 3. The van der Waals surface area contributed by atoms with Crippen molar-refractivity contribution in [3.63, 3.8) is 0 Å². The zero-order valence-corrected chi connectivity index (χ0v) is 27.0. The lowest BCUT2D eigenvalue weighted by atomic mass is 9.93. The van der Waals surface area contributed by atoms with E-state index in [9.17, 15) is 9.59 Å². The van der Waals surface area contributed by atoms with E-state index >= 15 is 0 Å².